The van der Waals surface area contributed by atoms with Gasteiger partial charge < -0.3 is 10.5 Å². The molecule has 0 bridgehead atoms. The first kappa shape index (κ1) is 14.0. The monoisotopic (exact) mass is 251 g/mol. The third kappa shape index (κ3) is 4.35. The number of ether oxygens (including phenoxy) is 1. The number of aryl methyl sites for hydroxylation is 3. The van der Waals surface area contributed by atoms with Gasteiger partial charge in [-0.05, 0) is 51.2 Å². The summed E-state index contributed by atoms with van der Waals surface area (Å²) in [6, 6.07) is 4.35. The third-order valence-corrected chi connectivity index (χ3v) is 2.86. The predicted octanol–water partition coefficient (Wildman–Crippen LogP) is 3.31. The minimum Gasteiger partial charge on any atom is -0.493 e. The Balaban J connectivity index is 2.83. The van der Waals surface area contributed by atoms with Gasteiger partial charge in [0.15, 0.2) is 0 Å². The topological polar surface area (TPSA) is 35.2 Å². The van der Waals surface area contributed by atoms with Crippen molar-refractivity contribution in [1.29, 1.82) is 0 Å². The highest BCUT2D eigenvalue weighted by molar-refractivity contribution is 7.80. The third-order valence-electron chi connectivity index (χ3n) is 2.65. The van der Waals surface area contributed by atoms with Crippen molar-refractivity contribution in [2.75, 3.05) is 6.61 Å². The van der Waals surface area contributed by atoms with Crippen LogP contribution in [0.5, 0.6) is 5.75 Å². The zero-order valence-corrected chi connectivity index (χ0v) is 11.7. The molecule has 94 valence electrons. The average molecular weight is 251 g/mol. The van der Waals surface area contributed by atoms with Gasteiger partial charge in [-0.1, -0.05) is 29.9 Å². The lowest BCUT2D eigenvalue weighted by atomic mass is 10.0. The maximum atomic E-state index is 5.72. The van der Waals surface area contributed by atoms with Gasteiger partial charge in [-0.2, -0.15) is 0 Å². The number of rotatable bonds is 6. The molecule has 0 amide bonds. The normalized spacial score (nSPS) is 10.3. The zero-order valence-electron chi connectivity index (χ0n) is 10.9. The number of hydrogen-bond acceptors (Lipinski definition) is 2. The zero-order chi connectivity index (χ0) is 12.8. The van der Waals surface area contributed by atoms with E-state index in [4.69, 9.17) is 22.7 Å². The fraction of sp³-hybridized carbons (Fsp3) is 0.500. The molecule has 0 heterocycles. The number of thiocarbonyl (C=S) groups is 1. The van der Waals surface area contributed by atoms with Gasteiger partial charge in [-0.15, -0.1) is 0 Å². The molecule has 1 aromatic carbocycles. The molecule has 17 heavy (non-hydrogen) atoms. The Hall–Kier alpha value is -1.09. The van der Waals surface area contributed by atoms with Crippen molar-refractivity contribution in [3.05, 3.63) is 28.8 Å². The van der Waals surface area contributed by atoms with Crippen LogP contribution >= 0.6 is 12.2 Å². The van der Waals surface area contributed by atoms with E-state index >= 15 is 0 Å². The Morgan fingerprint density at radius 2 is 2.06 bits per heavy atom. The van der Waals surface area contributed by atoms with Crippen molar-refractivity contribution in [1.82, 2.24) is 0 Å². The molecule has 0 aromatic heterocycles. The molecular weight excluding hydrogens is 230 g/mol. The summed E-state index contributed by atoms with van der Waals surface area (Å²) in [6.07, 6.45) is 2.75. The lowest BCUT2D eigenvalue weighted by Crippen LogP contribution is -2.08. The Labute approximate surface area is 109 Å². The largest absolute Gasteiger partial charge is 0.493 e. The lowest BCUT2D eigenvalue weighted by molar-refractivity contribution is 0.334. The van der Waals surface area contributed by atoms with E-state index in [1.54, 1.807) is 0 Å². The molecule has 0 aliphatic heterocycles. The Kier molecular flexibility index (Phi) is 5.42. The van der Waals surface area contributed by atoms with Gasteiger partial charge in [-0.25, -0.2) is 0 Å². The van der Waals surface area contributed by atoms with Gasteiger partial charge in [0.2, 0.25) is 0 Å². The van der Waals surface area contributed by atoms with E-state index in [0.29, 0.717) is 11.6 Å². The van der Waals surface area contributed by atoms with Crippen molar-refractivity contribution in [2.24, 2.45) is 5.73 Å². The van der Waals surface area contributed by atoms with Crippen molar-refractivity contribution >= 4 is 17.2 Å². The quantitative estimate of drug-likeness (QED) is 0.788. The highest BCUT2D eigenvalue weighted by Crippen LogP contribution is 2.26. The SMILES string of the molecule is CCOc1c(C)cc(C)cc1CCCC(N)=S. The number of hydrogen-bond donors (Lipinski definition) is 1. The molecule has 0 atom stereocenters. The van der Waals surface area contributed by atoms with Crippen molar-refractivity contribution in [2.45, 2.75) is 40.0 Å². The minimum atomic E-state index is 0.590. The molecule has 0 aliphatic rings. The number of nitrogens with two attached hydrogens (primary N) is 1. The van der Waals surface area contributed by atoms with Gasteiger partial charge in [0.05, 0.1) is 11.6 Å². The first-order valence-corrected chi connectivity index (χ1v) is 6.46. The molecule has 0 unspecified atom stereocenters. The Bertz CT molecular complexity index is 401. The van der Waals surface area contributed by atoms with Crippen molar-refractivity contribution < 1.29 is 4.74 Å². The summed E-state index contributed by atoms with van der Waals surface area (Å²) in [4.78, 5) is 0.590. The molecule has 3 heteroatoms. The van der Waals surface area contributed by atoms with Gasteiger partial charge >= 0.3 is 0 Å². The smallest absolute Gasteiger partial charge is 0.125 e. The summed E-state index contributed by atoms with van der Waals surface area (Å²) in [5, 5.41) is 0. The van der Waals surface area contributed by atoms with Crippen LogP contribution in [-0.2, 0) is 6.42 Å². The molecule has 2 N–H and O–H groups in total. The molecule has 1 rings (SSSR count). The summed E-state index contributed by atoms with van der Waals surface area (Å²) in [5.74, 6) is 1.03. The summed E-state index contributed by atoms with van der Waals surface area (Å²) in [7, 11) is 0. The summed E-state index contributed by atoms with van der Waals surface area (Å²) in [5.41, 5.74) is 9.26. The van der Waals surface area contributed by atoms with Gasteiger partial charge in [0, 0.05) is 0 Å². The molecule has 0 aliphatic carbocycles. The van der Waals surface area contributed by atoms with Crippen LogP contribution < -0.4 is 10.5 Å². The maximum absolute atomic E-state index is 5.72. The molecule has 0 spiro atoms. The van der Waals surface area contributed by atoms with Crippen LogP contribution in [-0.4, -0.2) is 11.6 Å². The highest BCUT2D eigenvalue weighted by atomic mass is 32.1. The summed E-state index contributed by atoms with van der Waals surface area (Å²) < 4.78 is 5.72. The first-order chi connectivity index (χ1) is 8.04. The van der Waals surface area contributed by atoms with E-state index in [1.807, 2.05) is 6.92 Å². The molecule has 2 nitrogen and oxygen atoms in total. The van der Waals surface area contributed by atoms with Crippen LogP contribution in [0, 0.1) is 13.8 Å². The fourth-order valence-electron chi connectivity index (χ4n) is 2.03. The minimum absolute atomic E-state index is 0.590. The van der Waals surface area contributed by atoms with Gasteiger partial charge in [0.25, 0.3) is 0 Å². The second kappa shape index (κ2) is 6.60. The van der Waals surface area contributed by atoms with Gasteiger partial charge in [0.1, 0.15) is 5.75 Å². The molecule has 0 fully saturated rings. The second-order valence-corrected chi connectivity index (χ2v) is 4.85. The van der Waals surface area contributed by atoms with E-state index in [2.05, 4.69) is 26.0 Å². The predicted molar refractivity (Wildman–Crippen MR) is 76.8 cm³/mol. The average Bonchev–Trinajstić information content (AvgIpc) is 2.22. The molecule has 0 saturated heterocycles. The molecule has 0 saturated carbocycles. The standard InChI is InChI=1S/C14H21NOS/c1-4-16-14-11(3)8-10(2)9-12(14)6-5-7-13(15)17/h8-9H,4-7H2,1-3H3,(H2,15,17). The first-order valence-electron chi connectivity index (χ1n) is 6.05. The van der Waals surface area contributed by atoms with E-state index in [0.717, 1.165) is 25.0 Å². The number of benzene rings is 1. The summed E-state index contributed by atoms with van der Waals surface area (Å²) >= 11 is 4.89. The van der Waals surface area contributed by atoms with Crippen LogP contribution in [0.3, 0.4) is 0 Å². The van der Waals surface area contributed by atoms with Gasteiger partial charge in [-0.3, -0.25) is 0 Å². The lowest BCUT2D eigenvalue weighted by Gasteiger charge is -2.14. The van der Waals surface area contributed by atoms with Crippen LogP contribution in [0.25, 0.3) is 0 Å². The van der Waals surface area contributed by atoms with E-state index in [-0.39, 0.29) is 0 Å². The Morgan fingerprint density at radius 1 is 1.35 bits per heavy atom. The highest BCUT2D eigenvalue weighted by Gasteiger charge is 2.08. The van der Waals surface area contributed by atoms with Crippen LogP contribution in [0.15, 0.2) is 12.1 Å². The van der Waals surface area contributed by atoms with Crippen LogP contribution in [0.4, 0.5) is 0 Å². The van der Waals surface area contributed by atoms with E-state index < -0.39 is 0 Å². The van der Waals surface area contributed by atoms with Crippen LogP contribution in [0.2, 0.25) is 0 Å². The van der Waals surface area contributed by atoms with E-state index in [9.17, 15) is 0 Å². The van der Waals surface area contributed by atoms with Crippen molar-refractivity contribution in [3.63, 3.8) is 0 Å². The fourth-order valence-corrected chi connectivity index (χ4v) is 2.18. The van der Waals surface area contributed by atoms with Crippen LogP contribution in [0.1, 0.15) is 36.5 Å². The molecule has 1 aromatic rings. The maximum Gasteiger partial charge on any atom is 0.125 e. The summed E-state index contributed by atoms with van der Waals surface area (Å²) in [6.45, 7) is 6.92. The molecular formula is C14H21NOS. The Morgan fingerprint density at radius 3 is 2.65 bits per heavy atom. The second-order valence-electron chi connectivity index (χ2n) is 4.32. The molecule has 0 radical (unpaired) electrons. The van der Waals surface area contributed by atoms with E-state index in [1.165, 1.54) is 16.7 Å². The van der Waals surface area contributed by atoms with Crippen molar-refractivity contribution in [3.8, 4) is 5.75 Å².